The summed E-state index contributed by atoms with van der Waals surface area (Å²) in [6.07, 6.45) is 12.2. The zero-order valence-electron chi connectivity index (χ0n) is 10.6. The maximum Gasteiger partial charge on any atom is 0.0675 e. The van der Waals surface area contributed by atoms with E-state index in [1.54, 1.807) is 0 Å². The number of hydrogen-bond donors (Lipinski definition) is 1. The van der Waals surface area contributed by atoms with Gasteiger partial charge in [0.05, 0.1) is 5.60 Å². The van der Waals surface area contributed by atoms with Crippen LogP contribution in [0.5, 0.6) is 0 Å². The summed E-state index contributed by atoms with van der Waals surface area (Å²) in [6.45, 7) is 4.38. The second kappa shape index (κ2) is 6.52. The summed E-state index contributed by atoms with van der Waals surface area (Å²) in [5.41, 5.74) is -0.339. The summed E-state index contributed by atoms with van der Waals surface area (Å²) in [6, 6.07) is 0. The smallest absolute Gasteiger partial charge is 0.0675 e. The molecular weight excluding hydrogens is 184 g/mol. The fourth-order valence-corrected chi connectivity index (χ4v) is 3.22. The van der Waals surface area contributed by atoms with E-state index in [1.807, 2.05) is 0 Å². The molecular formula is C14H28O. The SMILES string of the molecule is CCCC(O)(CCC)C1CCCCCC1. The molecule has 0 aromatic heterocycles. The van der Waals surface area contributed by atoms with E-state index >= 15 is 0 Å². The predicted molar refractivity (Wildman–Crippen MR) is 66.0 cm³/mol. The van der Waals surface area contributed by atoms with Gasteiger partial charge in [-0.05, 0) is 31.6 Å². The van der Waals surface area contributed by atoms with E-state index in [2.05, 4.69) is 13.8 Å². The topological polar surface area (TPSA) is 20.2 Å². The van der Waals surface area contributed by atoms with Crippen LogP contribution in [0.2, 0.25) is 0 Å². The summed E-state index contributed by atoms with van der Waals surface area (Å²) in [5, 5.41) is 10.8. The minimum Gasteiger partial charge on any atom is -0.390 e. The van der Waals surface area contributed by atoms with Crippen LogP contribution in [-0.2, 0) is 0 Å². The van der Waals surface area contributed by atoms with Crippen LogP contribution in [0.15, 0.2) is 0 Å². The molecule has 0 aromatic carbocycles. The van der Waals surface area contributed by atoms with Crippen molar-refractivity contribution in [2.75, 3.05) is 0 Å². The van der Waals surface area contributed by atoms with Gasteiger partial charge in [-0.3, -0.25) is 0 Å². The first-order valence-corrected chi connectivity index (χ1v) is 6.95. The van der Waals surface area contributed by atoms with Crippen molar-refractivity contribution in [3.05, 3.63) is 0 Å². The molecule has 0 heterocycles. The third-order valence-electron chi connectivity index (χ3n) is 3.98. The molecule has 90 valence electrons. The molecule has 1 nitrogen and oxygen atoms in total. The van der Waals surface area contributed by atoms with Gasteiger partial charge in [-0.2, -0.15) is 0 Å². The van der Waals surface area contributed by atoms with Crippen LogP contribution in [0, 0.1) is 5.92 Å². The maximum absolute atomic E-state index is 10.8. The van der Waals surface area contributed by atoms with Gasteiger partial charge in [0.1, 0.15) is 0 Å². The molecule has 0 aliphatic heterocycles. The second-order valence-electron chi connectivity index (χ2n) is 5.29. The second-order valence-corrected chi connectivity index (χ2v) is 5.29. The van der Waals surface area contributed by atoms with E-state index in [1.165, 1.54) is 38.5 Å². The average Bonchev–Trinajstić information content (AvgIpc) is 2.46. The van der Waals surface area contributed by atoms with Gasteiger partial charge in [-0.15, -0.1) is 0 Å². The first kappa shape index (κ1) is 13.0. The minimum absolute atomic E-state index is 0.339. The van der Waals surface area contributed by atoms with E-state index in [9.17, 15) is 5.11 Å². The molecule has 0 saturated heterocycles. The highest BCUT2D eigenvalue weighted by Crippen LogP contribution is 2.37. The molecule has 0 amide bonds. The quantitative estimate of drug-likeness (QED) is 0.674. The molecule has 0 spiro atoms. The fraction of sp³-hybridized carbons (Fsp3) is 1.00. The Morgan fingerprint density at radius 3 is 1.80 bits per heavy atom. The van der Waals surface area contributed by atoms with E-state index in [-0.39, 0.29) is 5.60 Å². The molecule has 1 heteroatoms. The molecule has 1 N–H and O–H groups in total. The Hall–Kier alpha value is -0.0400. The number of rotatable bonds is 5. The lowest BCUT2D eigenvalue weighted by atomic mass is 9.76. The summed E-state index contributed by atoms with van der Waals surface area (Å²) in [4.78, 5) is 0. The van der Waals surface area contributed by atoms with Gasteiger partial charge in [0.2, 0.25) is 0 Å². The zero-order valence-corrected chi connectivity index (χ0v) is 10.6. The van der Waals surface area contributed by atoms with Gasteiger partial charge in [0.15, 0.2) is 0 Å². The molecule has 1 saturated carbocycles. The lowest BCUT2D eigenvalue weighted by Crippen LogP contribution is -2.37. The highest BCUT2D eigenvalue weighted by molar-refractivity contribution is 4.86. The predicted octanol–water partition coefficient (Wildman–Crippen LogP) is 4.29. The lowest BCUT2D eigenvalue weighted by molar-refractivity contribution is -0.0406. The van der Waals surface area contributed by atoms with Gasteiger partial charge in [0.25, 0.3) is 0 Å². The highest BCUT2D eigenvalue weighted by Gasteiger charge is 2.34. The van der Waals surface area contributed by atoms with Crippen LogP contribution in [0.4, 0.5) is 0 Å². The molecule has 1 rings (SSSR count). The molecule has 0 unspecified atom stereocenters. The van der Waals surface area contributed by atoms with Crippen molar-refractivity contribution in [3.63, 3.8) is 0 Å². The normalized spacial score (nSPS) is 20.2. The number of hydrogen-bond acceptors (Lipinski definition) is 1. The zero-order chi connectivity index (χ0) is 11.1. The highest BCUT2D eigenvalue weighted by atomic mass is 16.3. The molecule has 0 bridgehead atoms. The van der Waals surface area contributed by atoms with Crippen LogP contribution in [0.3, 0.4) is 0 Å². The molecule has 1 aliphatic carbocycles. The average molecular weight is 212 g/mol. The summed E-state index contributed by atoms with van der Waals surface area (Å²) < 4.78 is 0. The standard InChI is InChI=1S/C14H28O/c1-3-11-14(15,12-4-2)13-9-7-5-6-8-10-13/h13,15H,3-12H2,1-2H3. The molecule has 0 aromatic rings. The Morgan fingerprint density at radius 2 is 1.40 bits per heavy atom. The van der Waals surface area contributed by atoms with Crippen molar-refractivity contribution in [2.24, 2.45) is 5.92 Å². The first-order chi connectivity index (χ1) is 7.23. The van der Waals surface area contributed by atoms with E-state index in [0.29, 0.717) is 5.92 Å². The van der Waals surface area contributed by atoms with Crippen molar-refractivity contribution in [2.45, 2.75) is 83.7 Å². The van der Waals surface area contributed by atoms with Crippen molar-refractivity contribution >= 4 is 0 Å². The van der Waals surface area contributed by atoms with Gasteiger partial charge in [0, 0.05) is 0 Å². The Morgan fingerprint density at radius 1 is 0.933 bits per heavy atom. The Bertz CT molecular complexity index is 151. The third kappa shape index (κ3) is 3.79. The summed E-state index contributed by atoms with van der Waals surface area (Å²) in [7, 11) is 0. The van der Waals surface area contributed by atoms with Gasteiger partial charge >= 0.3 is 0 Å². The Balaban J connectivity index is 2.58. The lowest BCUT2D eigenvalue weighted by Gasteiger charge is -2.36. The molecule has 1 aliphatic rings. The largest absolute Gasteiger partial charge is 0.390 e. The van der Waals surface area contributed by atoms with Crippen molar-refractivity contribution in [1.29, 1.82) is 0 Å². The Labute approximate surface area is 95.3 Å². The van der Waals surface area contributed by atoms with Gasteiger partial charge < -0.3 is 5.11 Å². The van der Waals surface area contributed by atoms with E-state index in [0.717, 1.165) is 25.7 Å². The van der Waals surface area contributed by atoms with Crippen LogP contribution >= 0.6 is 0 Å². The van der Waals surface area contributed by atoms with Gasteiger partial charge in [-0.25, -0.2) is 0 Å². The van der Waals surface area contributed by atoms with Crippen molar-refractivity contribution < 1.29 is 5.11 Å². The monoisotopic (exact) mass is 212 g/mol. The maximum atomic E-state index is 10.8. The number of aliphatic hydroxyl groups is 1. The van der Waals surface area contributed by atoms with Gasteiger partial charge in [-0.1, -0.05) is 52.4 Å². The molecule has 0 radical (unpaired) electrons. The third-order valence-corrected chi connectivity index (χ3v) is 3.98. The van der Waals surface area contributed by atoms with Crippen molar-refractivity contribution in [3.8, 4) is 0 Å². The summed E-state index contributed by atoms with van der Waals surface area (Å²) in [5.74, 6) is 0.583. The van der Waals surface area contributed by atoms with Crippen LogP contribution < -0.4 is 0 Å². The van der Waals surface area contributed by atoms with E-state index < -0.39 is 0 Å². The molecule has 1 fully saturated rings. The fourth-order valence-electron chi connectivity index (χ4n) is 3.22. The van der Waals surface area contributed by atoms with Crippen LogP contribution in [0.25, 0.3) is 0 Å². The van der Waals surface area contributed by atoms with E-state index in [4.69, 9.17) is 0 Å². The summed E-state index contributed by atoms with van der Waals surface area (Å²) >= 11 is 0. The van der Waals surface area contributed by atoms with Crippen LogP contribution in [0.1, 0.15) is 78.1 Å². The minimum atomic E-state index is -0.339. The molecule has 15 heavy (non-hydrogen) atoms. The molecule has 0 atom stereocenters. The van der Waals surface area contributed by atoms with Crippen LogP contribution in [-0.4, -0.2) is 10.7 Å². The van der Waals surface area contributed by atoms with Crippen molar-refractivity contribution in [1.82, 2.24) is 0 Å². The first-order valence-electron chi connectivity index (χ1n) is 6.95. The Kier molecular flexibility index (Phi) is 5.66.